The lowest BCUT2D eigenvalue weighted by Crippen LogP contribution is -2.18. The molecule has 0 aliphatic heterocycles. The minimum absolute atomic E-state index is 0.181. The first-order valence-electron chi connectivity index (χ1n) is 6.78. The Hall–Kier alpha value is -1.43. The Morgan fingerprint density at radius 1 is 1.58 bits per heavy atom. The van der Waals surface area contributed by atoms with Gasteiger partial charge in [-0.3, -0.25) is 4.79 Å². The third-order valence-electron chi connectivity index (χ3n) is 3.37. The van der Waals surface area contributed by atoms with Gasteiger partial charge in [-0.05, 0) is 31.1 Å². The SMILES string of the molecule is COCC(C)Cn1nnc(CC(N)=O)c1CC1CC1. The molecule has 6 nitrogen and oxygen atoms in total. The lowest BCUT2D eigenvalue weighted by Gasteiger charge is -2.12. The van der Waals surface area contributed by atoms with Gasteiger partial charge in [-0.25, -0.2) is 4.68 Å². The number of ether oxygens (including phenoxy) is 1. The van der Waals surface area contributed by atoms with Crippen LogP contribution in [-0.4, -0.2) is 34.6 Å². The van der Waals surface area contributed by atoms with Crippen LogP contribution in [0.25, 0.3) is 0 Å². The maximum Gasteiger partial charge on any atom is 0.223 e. The normalized spacial score (nSPS) is 16.5. The maximum absolute atomic E-state index is 11.1. The average molecular weight is 266 g/mol. The van der Waals surface area contributed by atoms with E-state index in [-0.39, 0.29) is 12.3 Å². The van der Waals surface area contributed by atoms with Gasteiger partial charge in [0.05, 0.1) is 24.4 Å². The standard InChI is InChI=1S/C13H22N4O2/c1-9(8-19-2)7-17-12(5-10-3-4-10)11(15-16-17)6-13(14)18/h9-10H,3-8H2,1-2H3,(H2,14,18). The highest BCUT2D eigenvalue weighted by atomic mass is 16.5. The molecule has 1 unspecified atom stereocenters. The van der Waals surface area contributed by atoms with Crippen LogP contribution in [0.4, 0.5) is 0 Å². The molecule has 1 heterocycles. The van der Waals surface area contributed by atoms with E-state index in [1.54, 1.807) is 7.11 Å². The Morgan fingerprint density at radius 3 is 2.89 bits per heavy atom. The largest absolute Gasteiger partial charge is 0.384 e. The lowest BCUT2D eigenvalue weighted by atomic mass is 10.1. The van der Waals surface area contributed by atoms with Crippen molar-refractivity contribution in [1.29, 1.82) is 0 Å². The van der Waals surface area contributed by atoms with Crippen LogP contribution in [0.5, 0.6) is 0 Å². The quantitative estimate of drug-likeness (QED) is 0.744. The number of amides is 1. The summed E-state index contributed by atoms with van der Waals surface area (Å²) in [4.78, 5) is 11.1. The molecular weight excluding hydrogens is 244 g/mol. The van der Waals surface area contributed by atoms with Crippen LogP contribution in [0.1, 0.15) is 31.2 Å². The van der Waals surface area contributed by atoms with Gasteiger partial charge in [0.25, 0.3) is 0 Å². The summed E-state index contributed by atoms with van der Waals surface area (Å²) in [7, 11) is 1.70. The monoisotopic (exact) mass is 266 g/mol. The molecule has 0 radical (unpaired) electrons. The van der Waals surface area contributed by atoms with Gasteiger partial charge in [0.1, 0.15) is 0 Å². The van der Waals surface area contributed by atoms with Crippen LogP contribution in [0.15, 0.2) is 0 Å². The van der Waals surface area contributed by atoms with Crippen molar-refractivity contribution in [2.24, 2.45) is 17.6 Å². The minimum Gasteiger partial charge on any atom is -0.384 e. The van der Waals surface area contributed by atoms with Gasteiger partial charge in [-0.15, -0.1) is 5.10 Å². The van der Waals surface area contributed by atoms with Gasteiger partial charge < -0.3 is 10.5 Å². The van der Waals surface area contributed by atoms with Gasteiger partial charge in [-0.2, -0.15) is 0 Å². The second-order valence-corrected chi connectivity index (χ2v) is 5.52. The molecular formula is C13H22N4O2. The summed E-state index contributed by atoms with van der Waals surface area (Å²) in [5.41, 5.74) is 7.08. The summed E-state index contributed by atoms with van der Waals surface area (Å²) in [5.74, 6) is 0.738. The Bertz CT molecular complexity index is 440. The summed E-state index contributed by atoms with van der Waals surface area (Å²) in [6.45, 7) is 3.56. The highest BCUT2D eigenvalue weighted by Gasteiger charge is 2.26. The molecule has 19 heavy (non-hydrogen) atoms. The van der Waals surface area contributed by atoms with Crippen molar-refractivity contribution in [2.45, 2.75) is 39.2 Å². The Kier molecular flexibility index (Phi) is 4.52. The first kappa shape index (κ1) is 14.0. The molecule has 0 aromatic carbocycles. The molecule has 1 aliphatic carbocycles. The highest BCUT2D eigenvalue weighted by Crippen LogP contribution is 2.33. The van der Waals surface area contributed by atoms with Crippen LogP contribution < -0.4 is 5.73 Å². The number of methoxy groups -OCH3 is 1. The zero-order valence-electron chi connectivity index (χ0n) is 11.6. The van der Waals surface area contributed by atoms with Crippen LogP contribution in [0.3, 0.4) is 0 Å². The van der Waals surface area contributed by atoms with Crippen molar-refractivity contribution >= 4 is 5.91 Å². The molecule has 0 spiro atoms. The van der Waals surface area contributed by atoms with Crippen LogP contribution in [0, 0.1) is 11.8 Å². The summed E-state index contributed by atoms with van der Waals surface area (Å²) in [6.07, 6.45) is 3.65. The Balaban J connectivity index is 2.11. The predicted octanol–water partition coefficient (Wildman–Crippen LogP) is 0.541. The molecule has 1 aliphatic rings. The van der Waals surface area contributed by atoms with E-state index in [2.05, 4.69) is 17.2 Å². The van der Waals surface area contributed by atoms with Crippen LogP contribution in [-0.2, 0) is 28.9 Å². The number of aromatic nitrogens is 3. The molecule has 6 heteroatoms. The first-order chi connectivity index (χ1) is 9.10. The zero-order valence-corrected chi connectivity index (χ0v) is 11.6. The van der Waals surface area contributed by atoms with Gasteiger partial charge in [-0.1, -0.05) is 12.1 Å². The maximum atomic E-state index is 11.1. The number of carbonyl (C=O) groups excluding carboxylic acids is 1. The van der Waals surface area contributed by atoms with Crippen molar-refractivity contribution < 1.29 is 9.53 Å². The number of nitrogens with two attached hydrogens (primary N) is 1. The van der Waals surface area contributed by atoms with E-state index < -0.39 is 0 Å². The second kappa shape index (κ2) is 6.14. The topological polar surface area (TPSA) is 83.0 Å². The summed E-state index contributed by atoms with van der Waals surface area (Å²) in [6, 6.07) is 0. The molecule has 106 valence electrons. The Labute approximate surface area is 113 Å². The van der Waals surface area contributed by atoms with E-state index >= 15 is 0 Å². The number of hydrogen-bond acceptors (Lipinski definition) is 4. The fourth-order valence-electron chi connectivity index (χ4n) is 2.27. The first-order valence-corrected chi connectivity index (χ1v) is 6.78. The number of carbonyl (C=O) groups is 1. The van der Waals surface area contributed by atoms with E-state index in [9.17, 15) is 4.79 Å². The van der Waals surface area contributed by atoms with Crippen molar-refractivity contribution in [3.05, 3.63) is 11.4 Å². The summed E-state index contributed by atoms with van der Waals surface area (Å²) >= 11 is 0. The highest BCUT2D eigenvalue weighted by molar-refractivity contribution is 5.76. The molecule has 1 aromatic heterocycles. The molecule has 2 rings (SSSR count). The number of primary amides is 1. The smallest absolute Gasteiger partial charge is 0.223 e. The third-order valence-corrected chi connectivity index (χ3v) is 3.37. The molecule has 1 fully saturated rings. The van der Waals surface area contributed by atoms with E-state index in [0.29, 0.717) is 12.5 Å². The number of hydrogen-bond donors (Lipinski definition) is 1. The summed E-state index contributed by atoms with van der Waals surface area (Å²) in [5, 5.41) is 8.30. The number of rotatable bonds is 8. The molecule has 1 amide bonds. The van der Waals surface area contributed by atoms with Crippen LogP contribution in [0.2, 0.25) is 0 Å². The van der Waals surface area contributed by atoms with E-state index in [4.69, 9.17) is 10.5 Å². The predicted molar refractivity (Wildman–Crippen MR) is 70.4 cm³/mol. The lowest BCUT2D eigenvalue weighted by molar-refractivity contribution is -0.117. The van der Waals surface area contributed by atoms with Crippen molar-refractivity contribution in [3.63, 3.8) is 0 Å². The zero-order chi connectivity index (χ0) is 13.8. The molecule has 0 bridgehead atoms. The van der Waals surface area contributed by atoms with Gasteiger partial charge in [0.15, 0.2) is 0 Å². The minimum atomic E-state index is -0.353. The Morgan fingerprint density at radius 2 is 2.32 bits per heavy atom. The van der Waals surface area contributed by atoms with Crippen molar-refractivity contribution in [2.75, 3.05) is 13.7 Å². The third kappa shape index (κ3) is 4.02. The molecule has 2 N–H and O–H groups in total. The second-order valence-electron chi connectivity index (χ2n) is 5.52. The van der Waals surface area contributed by atoms with Crippen molar-refractivity contribution in [1.82, 2.24) is 15.0 Å². The molecule has 1 saturated carbocycles. The molecule has 1 atom stereocenters. The van der Waals surface area contributed by atoms with E-state index in [1.807, 2.05) is 4.68 Å². The van der Waals surface area contributed by atoms with E-state index in [1.165, 1.54) is 12.8 Å². The van der Waals surface area contributed by atoms with Gasteiger partial charge in [0, 0.05) is 13.7 Å². The number of nitrogens with zero attached hydrogens (tertiary/aromatic N) is 3. The molecule has 0 saturated heterocycles. The fourth-order valence-corrected chi connectivity index (χ4v) is 2.27. The average Bonchev–Trinajstić information content (AvgIpc) is 3.07. The van der Waals surface area contributed by atoms with Gasteiger partial charge in [0.2, 0.25) is 5.91 Å². The fraction of sp³-hybridized carbons (Fsp3) is 0.769. The molecule has 1 aromatic rings. The van der Waals surface area contributed by atoms with Gasteiger partial charge >= 0.3 is 0 Å². The van der Waals surface area contributed by atoms with E-state index in [0.717, 1.165) is 30.3 Å². The van der Waals surface area contributed by atoms with Crippen molar-refractivity contribution in [3.8, 4) is 0 Å². The summed E-state index contributed by atoms with van der Waals surface area (Å²) < 4.78 is 7.06. The van der Waals surface area contributed by atoms with Crippen LogP contribution >= 0.6 is 0 Å².